The van der Waals surface area contributed by atoms with Gasteiger partial charge in [0.2, 0.25) is 5.91 Å². The van der Waals surface area contributed by atoms with Crippen molar-refractivity contribution in [3.8, 4) is 10.4 Å². The number of hydrogen-bond donors (Lipinski definition) is 1. The maximum absolute atomic E-state index is 13.1. The SMILES string of the molecule is CCn1c(SCC(=O)N[C@@H](C)C2CC2)nc2scc(-c3cccs3)c2c1=O. The van der Waals surface area contributed by atoms with E-state index in [1.54, 1.807) is 15.9 Å². The Morgan fingerprint density at radius 1 is 1.44 bits per heavy atom. The molecule has 0 spiro atoms. The van der Waals surface area contributed by atoms with E-state index in [-0.39, 0.29) is 23.3 Å². The quantitative estimate of drug-likeness (QED) is 0.460. The minimum absolute atomic E-state index is 0.00172. The Bertz CT molecular complexity index is 1020. The van der Waals surface area contributed by atoms with E-state index < -0.39 is 0 Å². The molecule has 3 aromatic rings. The van der Waals surface area contributed by atoms with E-state index in [9.17, 15) is 9.59 Å². The number of rotatable bonds is 7. The van der Waals surface area contributed by atoms with Gasteiger partial charge in [-0.1, -0.05) is 17.8 Å². The van der Waals surface area contributed by atoms with Gasteiger partial charge in [-0.2, -0.15) is 0 Å². The number of nitrogens with one attached hydrogen (secondary N) is 1. The summed E-state index contributed by atoms with van der Waals surface area (Å²) in [5.41, 5.74) is 0.929. The fourth-order valence-corrected chi connectivity index (χ4v) is 5.82. The number of thiophene rings is 2. The van der Waals surface area contributed by atoms with Gasteiger partial charge in [0.1, 0.15) is 4.83 Å². The van der Waals surface area contributed by atoms with E-state index >= 15 is 0 Å². The lowest BCUT2D eigenvalue weighted by Gasteiger charge is -2.13. The van der Waals surface area contributed by atoms with Crippen LogP contribution in [0.4, 0.5) is 0 Å². The second-order valence-electron chi connectivity index (χ2n) is 6.73. The highest BCUT2D eigenvalue weighted by Gasteiger charge is 2.29. The summed E-state index contributed by atoms with van der Waals surface area (Å²) in [5.74, 6) is 0.906. The number of thioether (sulfide) groups is 1. The maximum atomic E-state index is 13.1. The monoisotopic (exact) mass is 419 g/mol. The number of hydrogen-bond acceptors (Lipinski definition) is 6. The zero-order valence-corrected chi connectivity index (χ0v) is 17.7. The van der Waals surface area contributed by atoms with Crippen molar-refractivity contribution in [2.24, 2.45) is 5.92 Å². The molecule has 0 aliphatic heterocycles. The average Bonchev–Trinajstić information content (AvgIpc) is 3.20. The van der Waals surface area contributed by atoms with Crippen molar-refractivity contribution >= 4 is 50.6 Å². The summed E-state index contributed by atoms with van der Waals surface area (Å²) in [7, 11) is 0. The molecule has 0 aromatic carbocycles. The highest BCUT2D eigenvalue weighted by Crippen LogP contribution is 2.35. The smallest absolute Gasteiger partial charge is 0.263 e. The number of amides is 1. The third kappa shape index (κ3) is 3.83. The van der Waals surface area contributed by atoms with Crippen molar-refractivity contribution in [3.63, 3.8) is 0 Å². The lowest BCUT2D eigenvalue weighted by Crippen LogP contribution is -2.35. The number of fused-ring (bicyclic) bond motifs is 1. The molecule has 142 valence electrons. The van der Waals surface area contributed by atoms with E-state index in [0.29, 0.717) is 23.0 Å². The molecule has 8 heteroatoms. The second-order valence-corrected chi connectivity index (χ2v) is 9.48. The molecule has 0 bridgehead atoms. The molecule has 1 aliphatic carbocycles. The van der Waals surface area contributed by atoms with Crippen molar-refractivity contribution < 1.29 is 4.79 Å². The molecule has 1 N–H and O–H groups in total. The van der Waals surface area contributed by atoms with E-state index in [4.69, 9.17) is 4.98 Å². The topological polar surface area (TPSA) is 64.0 Å². The second kappa shape index (κ2) is 7.77. The predicted octanol–water partition coefficient (Wildman–Crippen LogP) is 4.21. The average molecular weight is 420 g/mol. The van der Waals surface area contributed by atoms with Gasteiger partial charge >= 0.3 is 0 Å². The Morgan fingerprint density at radius 3 is 2.93 bits per heavy atom. The first-order chi connectivity index (χ1) is 13.1. The van der Waals surface area contributed by atoms with Gasteiger partial charge in [0.05, 0.1) is 11.1 Å². The molecule has 0 radical (unpaired) electrons. The number of aromatic nitrogens is 2. The Hall–Kier alpha value is -1.64. The molecule has 1 atom stereocenters. The largest absolute Gasteiger partial charge is 0.353 e. The van der Waals surface area contributed by atoms with Gasteiger partial charge in [-0.3, -0.25) is 14.2 Å². The summed E-state index contributed by atoms with van der Waals surface area (Å²) in [6, 6.07) is 4.24. The molecule has 0 unspecified atom stereocenters. The molecule has 5 nitrogen and oxygen atoms in total. The van der Waals surface area contributed by atoms with Crippen LogP contribution in [-0.2, 0) is 11.3 Å². The Balaban J connectivity index is 1.59. The highest BCUT2D eigenvalue weighted by molar-refractivity contribution is 7.99. The zero-order chi connectivity index (χ0) is 19.0. The first-order valence-corrected chi connectivity index (χ1v) is 11.8. The van der Waals surface area contributed by atoms with Gasteiger partial charge in [-0.15, -0.1) is 22.7 Å². The minimum atomic E-state index is -0.0265. The molecular weight excluding hydrogens is 398 g/mol. The van der Waals surface area contributed by atoms with Crippen molar-refractivity contribution in [1.29, 1.82) is 0 Å². The van der Waals surface area contributed by atoms with Gasteiger partial charge in [-0.25, -0.2) is 4.98 Å². The van der Waals surface area contributed by atoms with Gasteiger partial charge in [0, 0.05) is 28.4 Å². The number of nitrogens with zero attached hydrogens (tertiary/aromatic N) is 2. The van der Waals surface area contributed by atoms with Crippen LogP contribution in [-0.4, -0.2) is 27.3 Å². The predicted molar refractivity (Wildman–Crippen MR) is 114 cm³/mol. The van der Waals surface area contributed by atoms with Crippen LogP contribution in [0, 0.1) is 5.92 Å². The summed E-state index contributed by atoms with van der Waals surface area (Å²) >= 11 is 4.45. The molecule has 1 aliphatic rings. The molecule has 4 rings (SSSR count). The van der Waals surface area contributed by atoms with Crippen LogP contribution in [0.25, 0.3) is 20.7 Å². The summed E-state index contributed by atoms with van der Waals surface area (Å²) < 4.78 is 1.68. The first-order valence-electron chi connectivity index (χ1n) is 9.06. The van der Waals surface area contributed by atoms with E-state index in [1.807, 2.05) is 29.8 Å². The van der Waals surface area contributed by atoms with E-state index in [1.165, 1.54) is 35.9 Å². The highest BCUT2D eigenvalue weighted by atomic mass is 32.2. The molecule has 1 amide bonds. The van der Waals surface area contributed by atoms with Crippen LogP contribution < -0.4 is 10.9 Å². The van der Waals surface area contributed by atoms with Crippen molar-refractivity contribution in [2.45, 2.75) is 44.4 Å². The Labute approximate surface area is 169 Å². The normalized spacial score (nSPS) is 15.2. The summed E-state index contributed by atoms with van der Waals surface area (Å²) in [4.78, 5) is 31.8. The van der Waals surface area contributed by atoms with Crippen LogP contribution in [0.5, 0.6) is 0 Å². The van der Waals surface area contributed by atoms with Crippen LogP contribution >= 0.6 is 34.4 Å². The van der Waals surface area contributed by atoms with Crippen LogP contribution in [0.2, 0.25) is 0 Å². The third-order valence-corrected chi connectivity index (χ3v) is 7.56. The number of carbonyl (C=O) groups excluding carboxylic acids is 1. The lowest BCUT2D eigenvalue weighted by molar-refractivity contribution is -0.119. The standard InChI is InChI=1S/C19H21N3O2S3/c1-3-22-18(24)16-13(14-5-4-8-25-14)9-26-17(16)21-19(22)27-10-15(23)20-11(2)12-6-7-12/h4-5,8-9,11-12H,3,6-7,10H2,1-2H3,(H,20,23)/t11-/m0/s1. The number of carbonyl (C=O) groups is 1. The van der Waals surface area contributed by atoms with Crippen molar-refractivity contribution in [1.82, 2.24) is 14.9 Å². The van der Waals surface area contributed by atoms with E-state index in [0.717, 1.165) is 15.3 Å². The van der Waals surface area contributed by atoms with Gasteiger partial charge in [0.15, 0.2) is 5.16 Å². The molecule has 3 heterocycles. The van der Waals surface area contributed by atoms with Gasteiger partial charge in [-0.05, 0) is 44.1 Å². The molecular formula is C19H21N3O2S3. The van der Waals surface area contributed by atoms with Crippen molar-refractivity contribution in [3.05, 3.63) is 33.2 Å². The summed E-state index contributed by atoms with van der Waals surface area (Å²) in [5, 5.41) is 8.36. The molecule has 1 saturated carbocycles. The van der Waals surface area contributed by atoms with Crippen LogP contribution in [0.15, 0.2) is 32.8 Å². The molecule has 3 aromatic heterocycles. The van der Waals surface area contributed by atoms with Crippen LogP contribution in [0.1, 0.15) is 26.7 Å². The van der Waals surface area contributed by atoms with Gasteiger partial charge in [0.25, 0.3) is 5.56 Å². The Kier molecular flexibility index (Phi) is 5.39. The molecule has 1 fully saturated rings. The van der Waals surface area contributed by atoms with Crippen LogP contribution in [0.3, 0.4) is 0 Å². The fraction of sp³-hybridized carbons (Fsp3) is 0.421. The summed E-state index contributed by atoms with van der Waals surface area (Å²) in [6.07, 6.45) is 2.40. The van der Waals surface area contributed by atoms with Gasteiger partial charge < -0.3 is 5.32 Å². The summed E-state index contributed by atoms with van der Waals surface area (Å²) in [6.45, 7) is 4.53. The lowest BCUT2D eigenvalue weighted by atomic mass is 10.2. The van der Waals surface area contributed by atoms with E-state index in [2.05, 4.69) is 12.2 Å². The first kappa shape index (κ1) is 18.7. The molecule has 0 saturated heterocycles. The van der Waals surface area contributed by atoms with Crippen molar-refractivity contribution in [2.75, 3.05) is 5.75 Å². The fourth-order valence-electron chi connectivity index (χ4n) is 3.15. The molecule has 27 heavy (non-hydrogen) atoms. The third-order valence-electron chi connectivity index (χ3n) is 4.81. The maximum Gasteiger partial charge on any atom is 0.263 e. The minimum Gasteiger partial charge on any atom is -0.353 e. The zero-order valence-electron chi connectivity index (χ0n) is 15.2. The Morgan fingerprint density at radius 2 is 2.26 bits per heavy atom.